The average Bonchev–Trinajstić information content (AvgIpc) is 2.30. The summed E-state index contributed by atoms with van der Waals surface area (Å²) in [6.45, 7) is 4.20. The molecule has 0 amide bonds. The van der Waals surface area contributed by atoms with Crippen LogP contribution in [0.4, 0.5) is 5.95 Å². The molecule has 4 heteroatoms. The van der Waals surface area contributed by atoms with Crippen LogP contribution < -0.4 is 5.32 Å². The van der Waals surface area contributed by atoms with Crippen LogP contribution in [-0.2, 0) is 7.05 Å². The molecular formula is C7H14N4. The third kappa shape index (κ3) is 1.50. The minimum Gasteiger partial charge on any atom is -0.356 e. The summed E-state index contributed by atoms with van der Waals surface area (Å²) in [5.74, 6) is 2.13. The molecule has 0 bridgehead atoms. The number of hydrogen-bond donors (Lipinski definition) is 1. The molecule has 0 fully saturated rings. The molecule has 0 saturated carbocycles. The molecule has 0 aliphatic rings. The zero-order valence-electron chi connectivity index (χ0n) is 7.42. The Balaban J connectivity index is 2.97. The van der Waals surface area contributed by atoms with E-state index in [1.54, 1.807) is 4.68 Å². The molecule has 0 atom stereocenters. The maximum absolute atomic E-state index is 4.27. The van der Waals surface area contributed by atoms with Crippen LogP contribution in [-0.4, -0.2) is 21.8 Å². The Morgan fingerprint density at radius 1 is 1.45 bits per heavy atom. The molecule has 1 aromatic rings. The molecule has 0 aromatic carbocycles. The van der Waals surface area contributed by atoms with Crippen molar-refractivity contribution in [1.82, 2.24) is 14.8 Å². The topological polar surface area (TPSA) is 42.7 Å². The molecule has 1 N–H and O–H groups in total. The van der Waals surface area contributed by atoms with E-state index in [1.165, 1.54) is 0 Å². The van der Waals surface area contributed by atoms with Gasteiger partial charge in [-0.1, -0.05) is 13.8 Å². The van der Waals surface area contributed by atoms with Crippen molar-refractivity contribution in [1.29, 1.82) is 0 Å². The Kier molecular flexibility index (Phi) is 2.12. The van der Waals surface area contributed by atoms with Crippen LogP contribution >= 0.6 is 0 Å². The predicted molar refractivity (Wildman–Crippen MR) is 44.6 cm³/mol. The van der Waals surface area contributed by atoms with Crippen molar-refractivity contribution in [3.63, 3.8) is 0 Å². The van der Waals surface area contributed by atoms with E-state index in [0.29, 0.717) is 11.9 Å². The standard InChI is InChI=1S/C7H14N4/c1-5(2)6-9-7(8-3)10-11(6)4/h5H,1-4H3,(H,8,10). The molecule has 1 aromatic heterocycles. The first kappa shape index (κ1) is 8.04. The number of hydrogen-bond acceptors (Lipinski definition) is 3. The number of nitrogens with one attached hydrogen (secondary N) is 1. The summed E-state index contributed by atoms with van der Waals surface area (Å²) in [4.78, 5) is 4.27. The first-order chi connectivity index (χ1) is 5.15. The van der Waals surface area contributed by atoms with Gasteiger partial charge in [-0.05, 0) is 0 Å². The van der Waals surface area contributed by atoms with E-state index in [4.69, 9.17) is 0 Å². The Labute approximate surface area is 66.6 Å². The average molecular weight is 154 g/mol. The van der Waals surface area contributed by atoms with Gasteiger partial charge in [-0.25, -0.2) is 0 Å². The second kappa shape index (κ2) is 2.90. The van der Waals surface area contributed by atoms with Crippen molar-refractivity contribution in [3.05, 3.63) is 5.82 Å². The highest BCUT2D eigenvalue weighted by Gasteiger charge is 2.08. The Hall–Kier alpha value is -1.06. The number of anilines is 1. The first-order valence-corrected chi connectivity index (χ1v) is 3.74. The van der Waals surface area contributed by atoms with Crippen molar-refractivity contribution in [2.24, 2.45) is 7.05 Å². The van der Waals surface area contributed by atoms with Crippen molar-refractivity contribution >= 4 is 5.95 Å². The number of aryl methyl sites for hydroxylation is 1. The Morgan fingerprint density at radius 2 is 2.09 bits per heavy atom. The molecule has 0 radical (unpaired) electrons. The molecule has 1 heterocycles. The van der Waals surface area contributed by atoms with Crippen LogP contribution in [0.15, 0.2) is 0 Å². The largest absolute Gasteiger partial charge is 0.356 e. The molecule has 0 aliphatic heterocycles. The third-order valence-corrected chi connectivity index (χ3v) is 1.54. The lowest BCUT2D eigenvalue weighted by molar-refractivity contribution is 0.655. The summed E-state index contributed by atoms with van der Waals surface area (Å²) < 4.78 is 1.80. The lowest BCUT2D eigenvalue weighted by atomic mass is 10.2. The highest BCUT2D eigenvalue weighted by Crippen LogP contribution is 2.11. The van der Waals surface area contributed by atoms with Crippen molar-refractivity contribution in [2.45, 2.75) is 19.8 Å². The van der Waals surface area contributed by atoms with Gasteiger partial charge in [0.2, 0.25) is 5.95 Å². The molecule has 0 unspecified atom stereocenters. The lowest BCUT2D eigenvalue weighted by Crippen LogP contribution is -2.00. The van der Waals surface area contributed by atoms with Gasteiger partial charge < -0.3 is 5.32 Å². The molecule has 11 heavy (non-hydrogen) atoms. The zero-order chi connectivity index (χ0) is 8.43. The molecule has 1 rings (SSSR count). The van der Waals surface area contributed by atoms with E-state index >= 15 is 0 Å². The van der Waals surface area contributed by atoms with Crippen LogP contribution in [0, 0.1) is 0 Å². The molecule has 0 spiro atoms. The number of aromatic nitrogens is 3. The van der Waals surface area contributed by atoms with E-state index < -0.39 is 0 Å². The second-order valence-corrected chi connectivity index (χ2v) is 2.82. The summed E-state index contributed by atoms with van der Waals surface area (Å²) in [7, 11) is 3.72. The fourth-order valence-electron chi connectivity index (χ4n) is 1.01. The Morgan fingerprint density at radius 3 is 2.36 bits per heavy atom. The van der Waals surface area contributed by atoms with Crippen LogP contribution in [0.25, 0.3) is 0 Å². The smallest absolute Gasteiger partial charge is 0.242 e. The molecule has 62 valence electrons. The van der Waals surface area contributed by atoms with Crippen LogP contribution in [0.3, 0.4) is 0 Å². The summed E-state index contributed by atoms with van der Waals surface area (Å²) in [5, 5.41) is 7.04. The summed E-state index contributed by atoms with van der Waals surface area (Å²) >= 11 is 0. The molecular weight excluding hydrogens is 140 g/mol. The zero-order valence-corrected chi connectivity index (χ0v) is 7.42. The maximum Gasteiger partial charge on any atom is 0.242 e. The van der Waals surface area contributed by atoms with Gasteiger partial charge in [0.1, 0.15) is 5.82 Å². The van der Waals surface area contributed by atoms with Gasteiger partial charge in [0.25, 0.3) is 0 Å². The van der Waals surface area contributed by atoms with Crippen LogP contribution in [0.2, 0.25) is 0 Å². The molecule has 0 aliphatic carbocycles. The monoisotopic (exact) mass is 154 g/mol. The van der Waals surface area contributed by atoms with E-state index in [9.17, 15) is 0 Å². The SMILES string of the molecule is CNc1nc(C(C)C)n(C)n1. The van der Waals surface area contributed by atoms with Crippen LogP contribution in [0.1, 0.15) is 25.6 Å². The predicted octanol–water partition coefficient (Wildman–Crippen LogP) is 0.980. The van der Waals surface area contributed by atoms with Crippen molar-refractivity contribution in [2.75, 3.05) is 12.4 Å². The highest BCUT2D eigenvalue weighted by molar-refractivity contribution is 5.22. The van der Waals surface area contributed by atoms with E-state index in [-0.39, 0.29) is 0 Å². The van der Waals surface area contributed by atoms with Gasteiger partial charge in [-0.2, -0.15) is 4.98 Å². The summed E-state index contributed by atoms with van der Waals surface area (Å²) in [5.41, 5.74) is 0. The normalized spacial score (nSPS) is 10.6. The quantitative estimate of drug-likeness (QED) is 0.690. The highest BCUT2D eigenvalue weighted by atomic mass is 15.4. The minimum absolute atomic E-state index is 0.426. The second-order valence-electron chi connectivity index (χ2n) is 2.82. The van der Waals surface area contributed by atoms with Gasteiger partial charge in [0.05, 0.1) is 0 Å². The molecule has 4 nitrogen and oxygen atoms in total. The van der Waals surface area contributed by atoms with Gasteiger partial charge >= 0.3 is 0 Å². The fourth-order valence-corrected chi connectivity index (χ4v) is 1.01. The molecule has 0 saturated heterocycles. The fraction of sp³-hybridized carbons (Fsp3) is 0.714. The lowest BCUT2D eigenvalue weighted by Gasteiger charge is -2.00. The van der Waals surface area contributed by atoms with Gasteiger partial charge in [0, 0.05) is 20.0 Å². The van der Waals surface area contributed by atoms with Crippen molar-refractivity contribution < 1.29 is 0 Å². The maximum atomic E-state index is 4.27. The third-order valence-electron chi connectivity index (χ3n) is 1.54. The van der Waals surface area contributed by atoms with E-state index in [2.05, 4.69) is 29.2 Å². The Bertz CT molecular complexity index is 239. The minimum atomic E-state index is 0.426. The van der Waals surface area contributed by atoms with Gasteiger partial charge in [-0.15, -0.1) is 5.10 Å². The van der Waals surface area contributed by atoms with E-state index in [0.717, 1.165) is 5.82 Å². The first-order valence-electron chi connectivity index (χ1n) is 3.74. The van der Waals surface area contributed by atoms with Crippen molar-refractivity contribution in [3.8, 4) is 0 Å². The number of nitrogens with zero attached hydrogens (tertiary/aromatic N) is 3. The summed E-state index contributed by atoms with van der Waals surface area (Å²) in [6.07, 6.45) is 0. The van der Waals surface area contributed by atoms with Gasteiger partial charge in [0.15, 0.2) is 0 Å². The van der Waals surface area contributed by atoms with E-state index in [1.807, 2.05) is 14.1 Å². The summed E-state index contributed by atoms with van der Waals surface area (Å²) in [6, 6.07) is 0. The number of rotatable bonds is 2. The van der Waals surface area contributed by atoms with Crippen LogP contribution in [0.5, 0.6) is 0 Å². The van der Waals surface area contributed by atoms with Gasteiger partial charge in [-0.3, -0.25) is 4.68 Å².